The van der Waals surface area contributed by atoms with Crippen LogP contribution in [0, 0.1) is 0 Å². The third-order valence-corrected chi connectivity index (χ3v) is 3.86. The Bertz CT molecular complexity index is 751. The first kappa shape index (κ1) is 24.7. The largest absolute Gasteiger partial charge is 0.477 e. The molecule has 0 saturated carbocycles. The second kappa shape index (κ2) is 11.6. The van der Waals surface area contributed by atoms with Crippen molar-refractivity contribution in [3.8, 4) is 17.5 Å². The van der Waals surface area contributed by atoms with E-state index in [0.29, 0.717) is 12.8 Å². The van der Waals surface area contributed by atoms with Crippen LogP contribution in [0.5, 0.6) is 5.88 Å². The minimum Gasteiger partial charge on any atom is -0.477 e. The van der Waals surface area contributed by atoms with E-state index in [-0.39, 0.29) is 29.8 Å². The summed E-state index contributed by atoms with van der Waals surface area (Å²) < 4.78 is 50.2. The van der Waals surface area contributed by atoms with Crippen molar-refractivity contribution in [3.05, 3.63) is 17.5 Å². The summed E-state index contributed by atoms with van der Waals surface area (Å²) in [6, 6.07) is 0.740. The quantitative estimate of drug-likeness (QED) is 0.608. The lowest BCUT2D eigenvalue weighted by atomic mass is 10.1. The summed E-state index contributed by atoms with van der Waals surface area (Å²) in [5.41, 5.74) is 4.27. The smallest absolute Gasteiger partial charge is 0.421 e. The van der Waals surface area contributed by atoms with Gasteiger partial charge < -0.3 is 20.0 Å². The fraction of sp³-hybridized carbons (Fsp3) is 0.632. The number of nitrogens with zero attached hydrogens (tertiary/aromatic N) is 3. The molecule has 0 amide bonds. The molecule has 29 heavy (non-hydrogen) atoms. The number of hydrogen-bond donors (Lipinski definition) is 2. The Hall–Kier alpha value is -2.36. The van der Waals surface area contributed by atoms with Gasteiger partial charge in [0.05, 0.1) is 12.3 Å². The van der Waals surface area contributed by atoms with Crippen molar-refractivity contribution < 1.29 is 27.4 Å². The number of nitrogen functional groups attached to an aromatic ring is 1. The van der Waals surface area contributed by atoms with Gasteiger partial charge in [0.25, 0.3) is 5.89 Å². The molecule has 7 nitrogen and oxygen atoms in total. The van der Waals surface area contributed by atoms with E-state index in [1.54, 1.807) is 0 Å². The van der Waals surface area contributed by atoms with Crippen LogP contribution in [0.25, 0.3) is 11.6 Å². The van der Waals surface area contributed by atoms with Crippen LogP contribution in [0.15, 0.2) is 10.5 Å². The van der Waals surface area contributed by atoms with Gasteiger partial charge in [-0.25, -0.2) is 4.98 Å². The molecule has 2 aromatic rings. The first-order valence-corrected chi connectivity index (χ1v) is 9.88. The Morgan fingerprint density at radius 3 is 2.38 bits per heavy atom. The molecule has 1 aliphatic rings. The molecule has 3 rings (SSSR count). The van der Waals surface area contributed by atoms with Crippen LogP contribution in [0.3, 0.4) is 0 Å². The van der Waals surface area contributed by atoms with E-state index < -0.39 is 23.7 Å². The molecule has 4 bridgehead atoms. The third-order valence-electron chi connectivity index (χ3n) is 3.86. The lowest BCUT2D eigenvalue weighted by Gasteiger charge is -2.15. The maximum absolute atomic E-state index is 13.2. The predicted octanol–water partition coefficient (Wildman–Crippen LogP) is 5.16. The van der Waals surface area contributed by atoms with Crippen molar-refractivity contribution in [1.82, 2.24) is 15.2 Å². The highest BCUT2D eigenvalue weighted by Crippen LogP contribution is 2.39. The second-order valence-electron chi connectivity index (χ2n) is 5.79. The van der Waals surface area contributed by atoms with E-state index in [1.165, 1.54) is 0 Å². The number of rotatable bonds is 0. The molecular formula is C19H29F3N4O3. The number of pyridine rings is 1. The molecule has 164 valence electrons. The number of alkyl halides is 3. The van der Waals surface area contributed by atoms with E-state index in [9.17, 15) is 18.3 Å². The molecule has 0 spiro atoms. The van der Waals surface area contributed by atoms with Crippen LogP contribution in [-0.4, -0.2) is 26.9 Å². The number of ether oxygens (including phenoxy) is 1. The van der Waals surface area contributed by atoms with Gasteiger partial charge in [-0.15, -0.1) is 10.2 Å². The zero-order valence-electron chi connectivity index (χ0n) is 17.2. The zero-order valence-corrected chi connectivity index (χ0v) is 17.2. The van der Waals surface area contributed by atoms with Gasteiger partial charge in [0.15, 0.2) is 5.69 Å². The van der Waals surface area contributed by atoms with E-state index in [4.69, 9.17) is 14.9 Å². The SMILES string of the molecule is CC.CC.Nc1cc(C(F)(F)F)c2nc1-c1nnc(o1)C(O)CCCCCCO2. The number of aromatic nitrogens is 3. The highest BCUT2D eigenvalue weighted by Gasteiger charge is 2.37. The molecule has 10 heteroatoms. The average molecular weight is 418 g/mol. The maximum atomic E-state index is 13.2. The molecule has 0 saturated heterocycles. The fourth-order valence-electron chi connectivity index (χ4n) is 2.55. The Morgan fingerprint density at radius 1 is 1.07 bits per heavy atom. The van der Waals surface area contributed by atoms with Crippen LogP contribution in [0.1, 0.15) is 77.4 Å². The number of fused-ring (bicyclic) bond motifs is 5. The Morgan fingerprint density at radius 2 is 1.72 bits per heavy atom. The molecular weight excluding hydrogens is 389 g/mol. The number of aliphatic hydroxyl groups is 1. The number of nitrogens with two attached hydrogens (primary N) is 1. The van der Waals surface area contributed by atoms with Crippen LogP contribution in [0.2, 0.25) is 0 Å². The molecule has 0 fully saturated rings. The standard InChI is InChI=1S/C15H17F3N4O3.2C2H6/c16-15(17,18)8-7-9(19)11-14-22-21-13(25-14)10(23)5-3-1-2-4-6-24-12(8)20-11;2*1-2/h7,10,23H,1-6,19H2;2*1-2H3. The van der Waals surface area contributed by atoms with Crippen LogP contribution < -0.4 is 10.5 Å². The zero-order chi connectivity index (χ0) is 22.0. The summed E-state index contributed by atoms with van der Waals surface area (Å²) in [6.45, 7) is 8.09. The van der Waals surface area contributed by atoms with Crippen LogP contribution in [0.4, 0.5) is 18.9 Å². The third kappa shape index (κ3) is 6.59. The molecule has 0 aromatic carbocycles. The van der Waals surface area contributed by atoms with Crippen LogP contribution >= 0.6 is 0 Å². The van der Waals surface area contributed by atoms with Gasteiger partial charge in [0.2, 0.25) is 11.8 Å². The number of anilines is 1. The van der Waals surface area contributed by atoms with E-state index in [1.807, 2.05) is 27.7 Å². The van der Waals surface area contributed by atoms with Crippen molar-refractivity contribution in [1.29, 1.82) is 0 Å². The summed E-state index contributed by atoms with van der Waals surface area (Å²) in [7, 11) is 0. The summed E-state index contributed by atoms with van der Waals surface area (Å²) >= 11 is 0. The van der Waals surface area contributed by atoms with E-state index >= 15 is 0 Å². The van der Waals surface area contributed by atoms with E-state index in [0.717, 1.165) is 25.3 Å². The summed E-state index contributed by atoms with van der Waals surface area (Å²) in [5.74, 6) is -0.758. The maximum Gasteiger partial charge on any atom is 0.421 e. The first-order valence-electron chi connectivity index (χ1n) is 9.88. The highest BCUT2D eigenvalue weighted by atomic mass is 19.4. The van der Waals surface area contributed by atoms with Gasteiger partial charge in [0, 0.05) is 0 Å². The summed E-state index contributed by atoms with van der Waals surface area (Å²) in [5, 5.41) is 17.5. The van der Waals surface area contributed by atoms with Crippen molar-refractivity contribution in [2.45, 2.75) is 72.1 Å². The van der Waals surface area contributed by atoms with Gasteiger partial charge in [0.1, 0.15) is 11.7 Å². The van der Waals surface area contributed by atoms with E-state index in [2.05, 4.69) is 15.2 Å². The molecule has 0 radical (unpaired) electrons. The second-order valence-corrected chi connectivity index (χ2v) is 5.79. The Kier molecular flexibility index (Phi) is 9.87. The average Bonchev–Trinajstić information content (AvgIpc) is 3.19. The normalized spacial score (nSPS) is 16.9. The van der Waals surface area contributed by atoms with Crippen molar-refractivity contribution >= 4 is 5.69 Å². The van der Waals surface area contributed by atoms with Gasteiger partial charge in [-0.2, -0.15) is 13.2 Å². The molecule has 1 unspecified atom stereocenters. The van der Waals surface area contributed by atoms with Gasteiger partial charge in [-0.05, 0) is 18.9 Å². The number of aliphatic hydroxyl groups excluding tert-OH is 1. The minimum absolute atomic E-state index is 0.0179. The van der Waals surface area contributed by atoms with Gasteiger partial charge in [-0.3, -0.25) is 0 Å². The minimum atomic E-state index is -4.66. The van der Waals surface area contributed by atoms with Gasteiger partial charge >= 0.3 is 6.18 Å². The topological polar surface area (TPSA) is 107 Å². The summed E-state index contributed by atoms with van der Waals surface area (Å²) in [6.07, 6.45) is -2.29. The van der Waals surface area contributed by atoms with Crippen molar-refractivity contribution in [2.24, 2.45) is 0 Å². The van der Waals surface area contributed by atoms with Crippen LogP contribution in [-0.2, 0) is 6.18 Å². The number of hydrogen-bond acceptors (Lipinski definition) is 7. The van der Waals surface area contributed by atoms with Gasteiger partial charge in [-0.1, -0.05) is 47.0 Å². The molecule has 3 heterocycles. The van der Waals surface area contributed by atoms with Crippen molar-refractivity contribution in [2.75, 3.05) is 12.3 Å². The number of halogens is 3. The Balaban J connectivity index is 0.000000989. The fourth-order valence-corrected chi connectivity index (χ4v) is 2.55. The molecule has 3 N–H and O–H groups in total. The molecule has 2 aromatic heterocycles. The highest BCUT2D eigenvalue weighted by molar-refractivity contribution is 5.68. The predicted molar refractivity (Wildman–Crippen MR) is 103 cm³/mol. The lowest BCUT2D eigenvalue weighted by Crippen LogP contribution is -2.13. The molecule has 1 atom stereocenters. The monoisotopic (exact) mass is 418 g/mol. The lowest BCUT2D eigenvalue weighted by molar-refractivity contribution is -0.139. The first-order chi connectivity index (χ1) is 13.9. The molecule has 1 aliphatic heterocycles. The van der Waals surface area contributed by atoms with Crippen molar-refractivity contribution in [3.63, 3.8) is 0 Å². The Labute approximate surface area is 168 Å². The molecule has 0 aliphatic carbocycles. The summed E-state index contributed by atoms with van der Waals surface area (Å²) in [4.78, 5) is 3.85.